The molecule has 0 radical (unpaired) electrons. The molecule has 0 bridgehead atoms. The molecule has 250 valence electrons. The number of furan rings is 1. The van der Waals surface area contributed by atoms with Crippen molar-refractivity contribution >= 4 is 43.7 Å². The minimum atomic E-state index is -0.132. The van der Waals surface area contributed by atoms with Crippen molar-refractivity contribution in [2.24, 2.45) is 0 Å². The molecule has 0 saturated carbocycles. The number of nitrogens with zero attached hydrogens (tertiary/aromatic N) is 4. The number of rotatable bonds is 4. The molecule has 10 aromatic rings. The third-order valence-electron chi connectivity index (χ3n) is 11.1. The second-order valence-corrected chi connectivity index (χ2v) is 14.4. The molecular formula is C48H32N4O. The summed E-state index contributed by atoms with van der Waals surface area (Å²) < 4.78 is 8.68. The summed E-state index contributed by atoms with van der Waals surface area (Å²) in [6.07, 6.45) is 0. The number of hydrogen-bond donors (Lipinski definition) is 0. The zero-order valence-corrected chi connectivity index (χ0v) is 29.2. The van der Waals surface area contributed by atoms with Gasteiger partial charge in [0.05, 0.1) is 16.7 Å². The Kier molecular flexibility index (Phi) is 6.23. The van der Waals surface area contributed by atoms with Crippen molar-refractivity contribution in [1.29, 1.82) is 0 Å². The summed E-state index contributed by atoms with van der Waals surface area (Å²) >= 11 is 0. The molecule has 11 rings (SSSR count). The molecule has 0 N–H and O–H groups in total. The zero-order valence-electron chi connectivity index (χ0n) is 29.2. The van der Waals surface area contributed by atoms with Gasteiger partial charge in [0.2, 0.25) is 0 Å². The van der Waals surface area contributed by atoms with Crippen LogP contribution in [0.5, 0.6) is 0 Å². The predicted molar refractivity (Wildman–Crippen MR) is 215 cm³/mol. The molecule has 0 unspecified atom stereocenters. The molecule has 5 nitrogen and oxygen atoms in total. The van der Waals surface area contributed by atoms with Crippen molar-refractivity contribution in [3.05, 3.63) is 169 Å². The summed E-state index contributed by atoms with van der Waals surface area (Å²) in [5, 5.41) is 4.46. The Hall–Kier alpha value is -6.85. The first-order valence-electron chi connectivity index (χ1n) is 18.0. The average molecular weight is 681 g/mol. The van der Waals surface area contributed by atoms with Gasteiger partial charge in [-0.1, -0.05) is 129 Å². The lowest BCUT2D eigenvalue weighted by Gasteiger charge is -2.22. The molecule has 0 fully saturated rings. The lowest BCUT2D eigenvalue weighted by atomic mass is 9.82. The van der Waals surface area contributed by atoms with Gasteiger partial charge in [-0.05, 0) is 64.7 Å². The summed E-state index contributed by atoms with van der Waals surface area (Å²) in [5.41, 5.74) is 12.9. The summed E-state index contributed by atoms with van der Waals surface area (Å²) in [7, 11) is 0. The third-order valence-corrected chi connectivity index (χ3v) is 11.1. The highest BCUT2D eigenvalue weighted by atomic mass is 16.3. The van der Waals surface area contributed by atoms with Gasteiger partial charge >= 0.3 is 0 Å². The molecule has 1 aliphatic carbocycles. The van der Waals surface area contributed by atoms with Crippen molar-refractivity contribution in [3.8, 4) is 51.0 Å². The highest BCUT2D eigenvalue weighted by molar-refractivity contribution is 6.13. The van der Waals surface area contributed by atoms with E-state index in [0.29, 0.717) is 17.5 Å². The first-order valence-corrected chi connectivity index (χ1v) is 18.0. The maximum Gasteiger partial charge on any atom is 0.166 e. The van der Waals surface area contributed by atoms with Crippen LogP contribution in [0, 0.1) is 0 Å². The van der Waals surface area contributed by atoms with Gasteiger partial charge < -0.3 is 8.98 Å². The number of aromatic nitrogens is 4. The Bertz CT molecular complexity index is 3100. The minimum Gasteiger partial charge on any atom is -0.456 e. The maximum atomic E-state index is 6.29. The fourth-order valence-electron chi connectivity index (χ4n) is 8.57. The van der Waals surface area contributed by atoms with E-state index in [1.54, 1.807) is 0 Å². The summed E-state index contributed by atoms with van der Waals surface area (Å²) in [4.78, 5) is 15.6. The van der Waals surface area contributed by atoms with Crippen molar-refractivity contribution in [1.82, 2.24) is 19.5 Å². The number of fused-ring (bicyclic) bond motifs is 9. The summed E-state index contributed by atoms with van der Waals surface area (Å²) in [6, 6.07) is 55.3. The van der Waals surface area contributed by atoms with E-state index < -0.39 is 0 Å². The van der Waals surface area contributed by atoms with Gasteiger partial charge in [0.1, 0.15) is 11.2 Å². The molecule has 3 aromatic heterocycles. The Labute approximate surface area is 305 Å². The van der Waals surface area contributed by atoms with E-state index in [1.165, 1.54) is 33.0 Å². The molecule has 0 atom stereocenters. The third kappa shape index (κ3) is 4.34. The topological polar surface area (TPSA) is 56.7 Å². The molecule has 0 aliphatic heterocycles. The van der Waals surface area contributed by atoms with Crippen LogP contribution < -0.4 is 0 Å². The van der Waals surface area contributed by atoms with Crippen LogP contribution in [0.2, 0.25) is 0 Å². The molecular weight excluding hydrogens is 649 g/mol. The van der Waals surface area contributed by atoms with E-state index in [1.807, 2.05) is 48.5 Å². The molecule has 53 heavy (non-hydrogen) atoms. The Morgan fingerprint density at radius 3 is 1.96 bits per heavy atom. The van der Waals surface area contributed by atoms with Gasteiger partial charge in [0, 0.05) is 43.7 Å². The summed E-state index contributed by atoms with van der Waals surface area (Å²) in [6.45, 7) is 4.68. The monoisotopic (exact) mass is 680 g/mol. The fraction of sp³-hybridized carbons (Fsp3) is 0.0625. The van der Waals surface area contributed by atoms with E-state index in [2.05, 4.69) is 128 Å². The van der Waals surface area contributed by atoms with Crippen molar-refractivity contribution in [2.75, 3.05) is 0 Å². The van der Waals surface area contributed by atoms with E-state index in [4.69, 9.17) is 19.4 Å². The molecule has 7 aromatic carbocycles. The molecule has 3 heterocycles. The number of benzene rings is 7. The molecule has 0 spiro atoms. The fourth-order valence-corrected chi connectivity index (χ4v) is 8.57. The highest BCUT2D eigenvalue weighted by Gasteiger charge is 2.36. The molecule has 1 aliphatic rings. The molecule has 0 amide bonds. The Morgan fingerprint density at radius 1 is 0.453 bits per heavy atom. The normalized spacial score (nSPS) is 13.2. The lowest BCUT2D eigenvalue weighted by Crippen LogP contribution is -2.15. The quantitative estimate of drug-likeness (QED) is 0.186. The van der Waals surface area contributed by atoms with Gasteiger partial charge in [-0.3, -0.25) is 0 Å². The maximum absolute atomic E-state index is 6.29. The van der Waals surface area contributed by atoms with Crippen LogP contribution in [0.15, 0.2) is 162 Å². The summed E-state index contributed by atoms with van der Waals surface area (Å²) in [5.74, 6) is 1.82. The van der Waals surface area contributed by atoms with E-state index in [-0.39, 0.29) is 5.41 Å². The van der Waals surface area contributed by atoms with Crippen LogP contribution in [0.4, 0.5) is 0 Å². The highest BCUT2D eigenvalue weighted by Crippen LogP contribution is 2.51. The largest absolute Gasteiger partial charge is 0.456 e. The van der Waals surface area contributed by atoms with Gasteiger partial charge in [0.15, 0.2) is 17.5 Å². The van der Waals surface area contributed by atoms with Gasteiger partial charge in [0.25, 0.3) is 0 Å². The van der Waals surface area contributed by atoms with E-state index in [9.17, 15) is 0 Å². The van der Waals surface area contributed by atoms with E-state index in [0.717, 1.165) is 55.3 Å². The van der Waals surface area contributed by atoms with E-state index >= 15 is 0 Å². The van der Waals surface area contributed by atoms with Gasteiger partial charge in [-0.15, -0.1) is 0 Å². The molecule has 5 heteroatoms. The molecule has 0 saturated heterocycles. The van der Waals surface area contributed by atoms with Crippen LogP contribution in [-0.4, -0.2) is 19.5 Å². The lowest BCUT2D eigenvalue weighted by molar-refractivity contribution is 0.661. The zero-order chi connectivity index (χ0) is 35.3. The van der Waals surface area contributed by atoms with Crippen LogP contribution in [0.25, 0.3) is 94.7 Å². The van der Waals surface area contributed by atoms with Crippen LogP contribution >= 0.6 is 0 Å². The minimum absolute atomic E-state index is 0.132. The Morgan fingerprint density at radius 2 is 1.09 bits per heavy atom. The first-order chi connectivity index (χ1) is 26.0. The Balaban J connectivity index is 1.19. The van der Waals surface area contributed by atoms with Gasteiger partial charge in [-0.2, -0.15) is 0 Å². The predicted octanol–water partition coefficient (Wildman–Crippen LogP) is 12.2. The second-order valence-electron chi connectivity index (χ2n) is 14.4. The smallest absolute Gasteiger partial charge is 0.166 e. The SMILES string of the molecule is CC1(C)c2ccccc2-c2cc3c4ccccc4n(-c4ccccc4-c4nc(-c5ccccc5)nc(-c5cccc6oc7ccccc7c56)n4)c3cc21. The van der Waals surface area contributed by atoms with Crippen LogP contribution in [-0.2, 0) is 5.41 Å². The average Bonchev–Trinajstić information content (AvgIpc) is 3.83. The second kappa shape index (κ2) is 11.1. The van der Waals surface area contributed by atoms with Crippen LogP contribution in [0.3, 0.4) is 0 Å². The van der Waals surface area contributed by atoms with Crippen molar-refractivity contribution < 1.29 is 4.42 Å². The number of hydrogen-bond acceptors (Lipinski definition) is 4. The van der Waals surface area contributed by atoms with Crippen molar-refractivity contribution in [3.63, 3.8) is 0 Å². The van der Waals surface area contributed by atoms with Crippen molar-refractivity contribution in [2.45, 2.75) is 19.3 Å². The van der Waals surface area contributed by atoms with Crippen LogP contribution in [0.1, 0.15) is 25.0 Å². The first kappa shape index (κ1) is 29.8. The standard InChI is InChI=1S/C48H32N4O/c1-48(2)37-22-10-6-17-30(37)35-27-36-31-18-7-11-23-39(31)52(41(36)28-38(35)48)40-24-12-8-19-32(40)46-49-45(29-15-4-3-5-16-29)50-47(51-46)34-21-14-26-43-44(34)33-20-9-13-25-42(33)53-43/h3-28H,1-2H3. The number of para-hydroxylation sites is 3. The van der Waals surface area contributed by atoms with Gasteiger partial charge in [-0.25, -0.2) is 15.0 Å².